The lowest BCUT2D eigenvalue weighted by atomic mass is 10.2. The Hall–Kier alpha value is -1.19. The normalized spacial score (nSPS) is 12.9. The van der Waals surface area contributed by atoms with Crippen LogP contribution < -0.4 is 11.1 Å². The third-order valence-electron chi connectivity index (χ3n) is 2.49. The van der Waals surface area contributed by atoms with Gasteiger partial charge in [0, 0.05) is 13.1 Å². The van der Waals surface area contributed by atoms with E-state index in [0.717, 1.165) is 30.0 Å². The average Bonchev–Trinajstić information content (AvgIpc) is 2.44. The maximum atomic E-state index is 5.97. The Bertz CT molecular complexity index is 303. The van der Waals surface area contributed by atoms with Crippen molar-refractivity contribution in [2.75, 3.05) is 11.1 Å². The summed E-state index contributed by atoms with van der Waals surface area (Å²) in [4.78, 5) is 0. The zero-order valence-electron chi connectivity index (χ0n) is 9.46. The van der Waals surface area contributed by atoms with E-state index < -0.39 is 0 Å². The minimum absolute atomic E-state index is 0.428. The number of nitrogens with zero attached hydrogens (tertiary/aromatic N) is 2. The second-order valence-electron chi connectivity index (χ2n) is 3.64. The maximum absolute atomic E-state index is 5.97. The second kappa shape index (κ2) is 4.35. The van der Waals surface area contributed by atoms with Crippen LogP contribution in [0.15, 0.2) is 0 Å². The lowest BCUT2D eigenvalue weighted by Gasteiger charge is -2.13. The van der Waals surface area contributed by atoms with Crippen molar-refractivity contribution in [1.29, 1.82) is 0 Å². The summed E-state index contributed by atoms with van der Waals surface area (Å²) in [7, 11) is 1.92. The number of hydrogen-bond donors (Lipinski definition) is 2. The average molecular weight is 196 g/mol. The van der Waals surface area contributed by atoms with Gasteiger partial charge in [-0.25, -0.2) is 0 Å². The second-order valence-corrected chi connectivity index (χ2v) is 3.64. The zero-order chi connectivity index (χ0) is 10.7. The van der Waals surface area contributed by atoms with Crippen molar-refractivity contribution >= 4 is 11.5 Å². The Morgan fingerprint density at radius 2 is 2.14 bits per heavy atom. The molecule has 0 spiro atoms. The molecule has 0 aliphatic carbocycles. The quantitative estimate of drug-likeness (QED) is 0.771. The van der Waals surface area contributed by atoms with Gasteiger partial charge in [0.2, 0.25) is 0 Å². The highest BCUT2D eigenvalue weighted by Gasteiger charge is 2.12. The highest BCUT2D eigenvalue weighted by molar-refractivity contribution is 5.65. The van der Waals surface area contributed by atoms with E-state index in [2.05, 4.69) is 31.2 Å². The van der Waals surface area contributed by atoms with Crippen LogP contribution in [0.5, 0.6) is 0 Å². The van der Waals surface area contributed by atoms with Crippen LogP contribution in [-0.4, -0.2) is 15.8 Å². The third kappa shape index (κ3) is 2.00. The molecule has 0 amide bonds. The SMILES string of the molecule is CCc1nn(C)c(NC(C)CC)c1N. The molecule has 4 nitrogen and oxygen atoms in total. The largest absolute Gasteiger partial charge is 0.394 e. The first kappa shape index (κ1) is 10.9. The van der Waals surface area contributed by atoms with Crippen molar-refractivity contribution in [2.24, 2.45) is 7.05 Å². The molecule has 0 aliphatic rings. The van der Waals surface area contributed by atoms with E-state index in [-0.39, 0.29) is 0 Å². The van der Waals surface area contributed by atoms with E-state index in [9.17, 15) is 0 Å². The van der Waals surface area contributed by atoms with E-state index in [1.54, 1.807) is 0 Å². The van der Waals surface area contributed by atoms with Gasteiger partial charge in [-0.3, -0.25) is 4.68 Å². The van der Waals surface area contributed by atoms with Crippen molar-refractivity contribution in [3.63, 3.8) is 0 Å². The molecule has 0 aliphatic heterocycles. The zero-order valence-corrected chi connectivity index (χ0v) is 9.46. The fraction of sp³-hybridized carbons (Fsp3) is 0.700. The fourth-order valence-corrected chi connectivity index (χ4v) is 1.36. The molecule has 0 saturated heterocycles. The van der Waals surface area contributed by atoms with Gasteiger partial charge in [0.05, 0.1) is 11.4 Å². The molecule has 80 valence electrons. The third-order valence-corrected chi connectivity index (χ3v) is 2.49. The van der Waals surface area contributed by atoms with Crippen molar-refractivity contribution in [3.05, 3.63) is 5.69 Å². The molecule has 0 radical (unpaired) electrons. The van der Waals surface area contributed by atoms with Crippen molar-refractivity contribution in [2.45, 2.75) is 39.7 Å². The molecular formula is C10H20N4. The lowest BCUT2D eigenvalue weighted by molar-refractivity contribution is 0.710. The number of anilines is 2. The van der Waals surface area contributed by atoms with Crippen LogP contribution in [-0.2, 0) is 13.5 Å². The fourth-order valence-electron chi connectivity index (χ4n) is 1.36. The molecule has 0 fully saturated rings. The molecule has 0 saturated carbocycles. The summed E-state index contributed by atoms with van der Waals surface area (Å²) in [5, 5.41) is 7.70. The Morgan fingerprint density at radius 1 is 1.50 bits per heavy atom. The summed E-state index contributed by atoms with van der Waals surface area (Å²) in [6.07, 6.45) is 1.95. The van der Waals surface area contributed by atoms with Crippen LogP contribution in [0.3, 0.4) is 0 Å². The molecule has 1 aromatic rings. The topological polar surface area (TPSA) is 55.9 Å². The van der Waals surface area contributed by atoms with Crippen molar-refractivity contribution in [3.8, 4) is 0 Å². The minimum atomic E-state index is 0.428. The van der Waals surface area contributed by atoms with E-state index in [1.807, 2.05) is 11.7 Å². The van der Waals surface area contributed by atoms with Gasteiger partial charge >= 0.3 is 0 Å². The highest BCUT2D eigenvalue weighted by atomic mass is 15.3. The van der Waals surface area contributed by atoms with E-state index >= 15 is 0 Å². The molecule has 0 aromatic carbocycles. The molecule has 3 N–H and O–H groups in total. The van der Waals surface area contributed by atoms with Crippen molar-refractivity contribution < 1.29 is 0 Å². The Balaban J connectivity index is 2.90. The predicted molar refractivity (Wildman–Crippen MR) is 60.4 cm³/mol. The van der Waals surface area contributed by atoms with E-state index in [0.29, 0.717) is 6.04 Å². The van der Waals surface area contributed by atoms with Gasteiger partial charge in [0.25, 0.3) is 0 Å². The van der Waals surface area contributed by atoms with Gasteiger partial charge in [-0.1, -0.05) is 13.8 Å². The smallest absolute Gasteiger partial charge is 0.147 e. The molecule has 4 heteroatoms. The first-order chi connectivity index (χ1) is 6.60. The number of nitrogens with two attached hydrogens (primary N) is 1. The summed E-state index contributed by atoms with van der Waals surface area (Å²) >= 11 is 0. The summed E-state index contributed by atoms with van der Waals surface area (Å²) in [6, 6.07) is 0.428. The van der Waals surface area contributed by atoms with Gasteiger partial charge in [0.1, 0.15) is 5.82 Å². The monoisotopic (exact) mass is 196 g/mol. The first-order valence-corrected chi connectivity index (χ1v) is 5.18. The Labute approximate surface area is 85.5 Å². The van der Waals surface area contributed by atoms with Crippen LogP contribution in [0.25, 0.3) is 0 Å². The number of rotatable bonds is 4. The Morgan fingerprint density at radius 3 is 2.57 bits per heavy atom. The number of nitrogens with one attached hydrogen (secondary N) is 1. The number of aromatic nitrogens is 2. The van der Waals surface area contributed by atoms with Gasteiger partial charge in [-0.05, 0) is 19.8 Å². The van der Waals surface area contributed by atoms with Crippen LogP contribution in [0.4, 0.5) is 11.5 Å². The van der Waals surface area contributed by atoms with E-state index in [1.165, 1.54) is 0 Å². The summed E-state index contributed by atoms with van der Waals surface area (Å²) in [6.45, 7) is 6.34. The number of hydrogen-bond acceptors (Lipinski definition) is 3. The van der Waals surface area contributed by atoms with E-state index in [4.69, 9.17) is 5.73 Å². The van der Waals surface area contributed by atoms with Crippen LogP contribution in [0.2, 0.25) is 0 Å². The standard InChI is InChI=1S/C10H20N4/c1-5-7(3)12-10-9(11)8(6-2)13-14(10)4/h7,12H,5-6,11H2,1-4H3. The Kier molecular flexibility index (Phi) is 3.38. The molecule has 1 aromatic heterocycles. The van der Waals surface area contributed by atoms with Crippen molar-refractivity contribution in [1.82, 2.24) is 9.78 Å². The van der Waals surface area contributed by atoms with Crippen LogP contribution in [0, 0.1) is 0 Å². The molecule has 1 heterocycles. The predicted octanol–water partition coefficient (Wildman–Crippen LogP) is 1.78. The molecule has 1 rings (SSSR count). The summed E-state index contributed by atoms with van der Waals surface area (Å²) < 4.78 is 1.82. The molecule has 14 heavy (non-hydrogen) atoms. The number of nitrogen functional groups attached to an aromatic ring is 1. The summed E-state index contributed by atoms with van der Waals surface area (Å²) in [5.41, 5.74) is 7.73. The summed E-state index contributed by atoms with van der Waals surface area (Å²) in [5.74, 6) is 0.941. The number of aryl methyl sites for hydroxylation is 2. The molecule has 1 unspecified atom stereocenters. The molecule has 1 atom stereocenters. The van der Waals surface area contributed by atoms with Crippen LogP contribution in [0.1, 0.15) is 32.9 Å². The highest BCUT2D eigenvalue weighted by Crippen LogP contribution is 2.23. The first-order valence-electron chi connectivity index (χ1n) is 5.18. The minimum Gasteiger partial charge on any atom is -0.394 e. The van der Waals surface area contributed by atoms with Gasteiger partial charge < -0.3 is 11.1 Å². The van der Waals surface area contributed by atoms with Gasteiger partial charge in [0.15, 0.2) is 0 Å². The van der Waals surface area contributed by atoms with Crippen LogP contribution >= 0.6 is 0 Å². The molecule has 0 bridgehead atoms. The lowest BCUT2D eigenvalue weighted by Crippen LogP contribution is -2.16. The molecular weight excluding hydrogens is 176 g/mol. The van der Waals surface area contributed by atoms with Gasteiger partial charge in [-0.15, -0.1) is 0 Å². The van der Waals surface area contributed by atoms with Gasteiger partial charge in [-0.2, -0.15) is 5.10 Å². The maximum Gasteiger partial charge on any atom is 0.147 e.